The van der Waals surface area contributed by atoms with Crippen molar-refractivity contribution < 1.29 is 9.50 Å². The van der Waals surface area contributed by atoms with Crippen LogP contribution in [0.15, 0.2) is 18.2 Å². The van der Waals surface area contributed by atoms with E-state index in [2.05, 4.69) is 0 Å². The molecular weight excluding hydrogens is 215 g/mol. The molecule has 0 amide bonds. The van der Waals surface area contributed by atoms with Gasteiger partial charge in [0, 0.05) is 10.6 Å². The predicted molar refractivity (Wildman–Crippen MR) is 60.4 cm³/mol. The second-order valence-electron chi connectivity index (χ2n) is 3.88. The molecule has 1 N–H and O–H groups in total. The summed E-state index contributed by atoms with van der Waals surface area (Å²) in [5.41, 5.74) is 0.295. The first-order valence-corrected chi connectivity index (χ1v) is 5.57. The lowest BCUT2D eigenvalue weighted by molar-refractivity contribution is 0.108. The van der Waals surface area contributed by atoms with Gasteiger partial charge in [-0.3, -0.25) is 0 Å². The standard InChI is InChI=1S/C12H16ClFO/c1-3-4-8(2)12(15)10-7-9(13)5-6-11(10)14/h5-8,12,15H,3-4H2,1-2H3. The first-order chi connectivity index (χ1) is 7.06. The summed E-state index contributed by atoms with van der Waals surface area (Å²) in [5, 5.41) is 10.4. The van der Waals surface area contributed by atoms with Crippen molar-refractivity contribution in [1.82, 2.24) is 0 Å². The number of hydrogen-bond donors (Lipinski definition) is 1. The Bertz CT molecular complexity index is 327. The van der Waals surface area contributed by atoms with Crippen LogP contribution in [0.3, 0.4) is 0 Å². The summed E-state index contributed by atoms with van der Waals surface area (Å²) in [6, 6.07) is 4.27. The fraction of sp³-hybridized carbons (Fsp3) is 0.500. The lowest BCUT2D eigenvalue weighted by Crippen LogP contribution is -2.10. The van der Waals surface area contributed by atoms with Gasteiger partial charge in [-0.25, -0.2) is 4.39 Å². The van der Waals surface area contributed by atoms with Crippen LogP contribution >= 0.6 is 11.6 Å². The Morgan fingerprint density at radius 2 is 2.13 bits per heavy atom. The Balaban J connectivity index is 2.89. The monoisotopic (exact) mass is 230 g/mol. The molecule has 1 aromatic carbocycles. The summed E-state index contributed by atoms with van der Waals surface area (Å²) < 4.78 is 13.4. The van der Waals surface area contributed by atoms with Gasteiger partial charge in [0.2, 0.25) is 0 Å². The molecule has 0 spiro atoms. The van der Waals surface area contributed by atoms with E-state index in [0.717, 1.165) is 12.8 Å². The number of aliphatic hydroxyl groups is 1. The van der Waals surface area contributed by atoms with E-state index >= 15 is 0 Å². The van der Waals surface area contributed by atoms with Gasteiger partial charge in [0.25, 0.3) is 0 Å². The topological polar surface area (TPSA) is 20.2 Å². The molecular formula is C12H16ClFO. The third kappa shape index (κ3) is 3.18. The fourth-order valence-corrected chi connectivity index (χ4v) is 1.84. The number of aliphatic hydroxyl groups excluding tert-OH is 1. The van der Waals surface area contributed by atoms with Gasteiger partial charge in [0.15, 0.2) is 0 Å². The summed E-state index contributed by atoms with van der Waals surface area (Å²) in [6.07, 6.45) is 1.07. The molecule has 15 heavy (non-hydrogen) atoms. The highest BCUT2D eigenvalue weighted by Crippen LogP contribution is 2.29. The van der Waals surface area contributed by atoms with Crippen LogP contribution < -0.4 is 0 Å². The maximum atomic E-state index is 13.4. The summed E-state index contributed by atoms with van der Waals surface area (Å²) in [4.78, 5) is 0. The van der Waals surface area contributed by atoms with Crippen molar-refractivity contribution in [2.24, 2.45) is 5.92 Å². The van der Waals surface area contributed by atoms with E-state index in [-0.39, 0.29) is 5.92 Å². The van der Waals surface area contributed by atoms with Crippen molar-refractivity contribution in [3.05, 3.63) is 34.6 Å². The van der Waals surface area contributed by atoms with Crippen LogP contribution in [0.25, 0.3) is 0 Å². The zero-order valence-electron chi connectivity index (χ0n) is 9.00. The van der Waals surface area contributed by atoms with Crippen molar-refractivity contribution in [1.29, 1.82) is 0 Å². The van der Waals surface area contributed by atoms with E-state index < -0.39 is 11.9 Å². The van der Waals surface area contributed by atoms with Crippen LogP contribution in [0.1, 0.15) is 38.4 Å². The van der Waals surface area contributed by atoms with Gasteiger partial charge < -0.3 is 5.11 Å². The van der Waals surface area contributed by atoms with Gasteiger partial charge in [-0.2, -0.15) is 0 Å². The Morgan fingerprint density at radius 1 is 1.47 bits per heavy atom. The average molecular weight is 231 g/mol. The van der Waals surface area contributed by atoms with E-state index in [0.29, 0.717) is 10.6 Å². The van der Waals surface area contributed by atoms with Crippen molar-refractivity contribution >= 4 is 11.6 Å². The minimum Gasteiger partial charge on any atom is -0.388 e. The Morgan fingerprint density at radius 3 is 2.73 bits per heavy atom. The third-order valence-corrected chi connectivity index (χ3v) is 2.79. The zero-order chi connectivity index (χ0) is 11.4. The number of hydrogen-bond acceptors (Lipinski definition) is 1. The van der Waals surface area contributed by atoms with Crippen LogP contribution in [0.2, 0.25) is 5.02 Å². The number of benzene rings is 1. The Hall–Kier alpha value is -0.600. The van der Waals surface area contributed by atoms with E-state index in [1.165, 1.54) is 18.2 Å². The molecule has 0 aliphatic heterocycles. The second kappa shape index (κ2) is 5.47. The number of halogens is 2. The Kier molecular flexibility index (Phi) is 4.55. The van der Waals surface area contributed by atoms with Crippen molar-refractivity contribution in [2.45, 2.75) is 32.8 Å². The molecule has 0 bridgehead atoms. The van der Waals surface area contributed by atoms with Crippen LogP contribution in [0.4, 0.5) is 4.39 Å². The fourth-order valence-electron chi connectivity index (χ4n) is 1.66. The largest absolute Gasteiger partial charge is 0.388 e. The smallest absolute Gasteiger partial charge is 0.129 e. The van der Waals surface area contributed by atoms with E-state index in [1.54, 1.807) is 0 Å². The SMILES string of the molecule is CCCC(C)C(O)c1cc(Cl)ccc1F. The molecule has 0 radical (unpaired) electrons. The molecule has 1 aromatic rings. The van der Waals surface area contributed by atoms with Gasteiger partial charge in [-0.1, -0.05) is 31.9 Å². The minimum atomic E-state index is -0.774. The first kappa shape index (κ1) is 12.5. The molecule has 0 saturated heterocycles. The molecule has 0 saturated carbocycles. The highest BCUT2D eigenvalue weighted by molar-refractivity contribution is 6.30. The summed E-state index contributed by atoms with van der Waals surface area (Å²) in [5.74, 6) is -0.349. The van der Waals surface area contributed by atoms with E-state index in [9.17, 15) is 9.50 Å². The molecule has 1 rings (SSSR count). The molecule has 0 aromatic heterocycles. The maximum absolute atomic E-state index is 13.4. The molecule has 0 fully saturated rings. The zero-order valence-corrected chi connectivity index (χ0v) is 9.76. The third-order valence-electron chi connectivity index (χ3n) is 2.56. The molecule has 2 atom stereocenters. The number of rotatable bonds is 4. The Labute approximate surface area is 94.9 Å². The van der Waals surface area contributed by atoms with Crippen LogP contribution in [-0.4, -0.2) is 5.11 Å². The van der Waals surface area contributed by atoms with Gasteiger partial charge in [0.1, 0.15) is 5.82 Å². The van der Waals surface area contributed by atoms with Crippen LogP contribution in [-0.2, 0) is 0 Å². The van der Waals surface area contributed by atoms with Crippen LogP contribution in [0, 0.1) is 11.7 Å². The molecule has 84 valence electrons. The van der Waals surface area contributed by atoms with Gasteiger partial charge in [-0.05, 0) is 30.5 Å². The lowest BCUT2D eigenvalue weighted by Gasteiger charge is -2.19. The first-order valence-electron chi connectivity index (χ1n) is 5.19. The van der Waals surface area contributed by atoms with Gasteiger partial charge in [0.05, 0.1) is 6.10 Å². The summed E-state index contributed by atoms with van der Waals surface area (Å²) in [7, 11) is 0. The lowest BCUT2D eigenvalue weighted by atomic mass is 9.93. The molecule has 0 aliphatic carbocycles. The predicted octanol–water partition coefficient (Wildman–Crippen LogP) is 3.95. The van der Waals surface area contributed by atoms with Crippen molar-refractivity contribution in [3.63, 3.8) is 0 Å². The maximum Gasteiger partial charge on any atom is 0.129 e. The quantitative estimate of drug-likeness (QED) is 0.831. The summed E-state index contributed by atoms with van der Waals surface area (Å²) in [6.45, 7) is 3.95. The van der Waals surface area contributed by atoms with Crippen LogP contribution in [0.5, 0.6) is 0 Å². The molecule has 3 heteroatoms. The van der Waals surface area contributed by atoms with Gasteiger partial charge >= 0.3 is 0 Å². The van der Waals surface area contributed by atoms with Crippen molar-refractivity contribution in [3.8, 4) is 0 Å². The van der Waals surface area contributed by atoms with E-state index in [1.807, 2.05) is 13.8 Å². The highest BCUT2D eigenvalue weighted by Gasteiger charge is 2.19. The van der Waals surface area contributed by atoms with Crippen molar-refractivity contribution in [2.75, 3.05) is 0 Å². The highest BCUT2D eigenvalue weighted by atomic mass is 35.5. The molecule has 0 aliphatic rings. The second-order valence-corrected chi connectivity index (χ2v) is 4.31. The molecule has 2 unspecified atom stereocenters. The average Bonchev–Trinajstić information content (AvgIpc) is 2.21. The minimum absolute atomic E-state index is 0.0444. The molecule has 1 nitrogen and oxygen atoms in total. The molecule has 0 heterocycles. The summed E-state index contributed by atoms with van der Waals surface area (Å²) >= 11 is 5.76. The van der Waals surface area contributed by atoms with Gasteiger partial charge in [-0.15, -0.1) is 0 Å². The normalized spacial score (nSPS) is 15.0. The van der Waals surface area contributed by atoms with E-state index in [4.69, 9.17) is 11.6 Å².